The molecule has 0 radical (unpaired) electrons. The number of likely N-dealkylation sites (tertiary alicyclic amines) is 1. The summed E-state index contributed by atoms with van der Waals surface area (Å²) in [6, 6.07) is 7.24. The Kier molecular flexibility index (Phi) is 3.69. The number of rotatable bonds is 2. The Hall–Kier alpha value is -0.820. The van der Waals surface area contributed by atoms with Crippen LogP contribution in [-0.2, 0) is 19.4 Å². The van der Waals surface area contributed by atoms with Crippen molar-refractivity contribution in [1.29, 1.82) is 0 Å². The Labute approximate surface area is 111 Å². The van der Waals surface area contributed by atoms with Crippen LogP contribution in [0.15, 0.2) is 18.2 Å². The molecular formula is C17H25N. The molecule has 1 aliphatic heterocycles. The quantitative estimate of drug-likeness (QED) is 0.763. The van der Waals surface area contributed by atoms with E-state index in [1.807, 2.05) is 0 Å². The Morgan fingerprint density at radius 2 is 1.94 bits per heavy atom. The molecule has 1 saturated heterocycles. The molecule has 3 rings (SSSR count). The van der Waals surface area contributed by atoms with Gasteiger partial charge in [-0.05, 0) is 67.8 Å². The molecule has 1 heterocycles. The minimum atomic E-state index is 0.880. The van der Waals surface area contributed by atoms with Crippen LogP contribution in [-0.4, -0.2) is 18.0 Å². The van der Waals surface area contributed by atoms with E-state index in [0.717, 1.165) is 5.92 Å². The van der Waals surface area contributed by atoms with Gasteiger partial charge in [0.1, 0.15) is 0 Å². The number of nitrogens with zero attached hydrogens (tertiary/aromatic N) is 1. The highest BCUT2D eigenvalue weighted by Gasteiger charge is 2.16. The summed E-state index contributed by atoms with van der Waals surface area (Å²) < 4.78 is 0. The lowest BCUT2D eigenvalue weighted by Crippen LogP contribution is -2.29. The van der Waals surface area contributed by atoms with Crippen LogP contribution in [0.2, 0.25) is 0 Å². The van der Waals surface area contributed by atoms with Crippen molar-refractivity contribution in [3.63, 3.8) is 0 Å². The first kappa shape index (κ1) is 12.2. The van der Waals surface area contributed by atoms with Crippen molar-refractivity contribution in [1.82, 2.24) is 4.90 Å². The first-order valence-corrected chi connectivity index (χ1v) is 7.64. The lowest BCUT2D eigenvalue weighted by atomic mass is 9.84. The fourth-order valence-corrected chi connectivity index (χ4v) is 3.46. The van der Waals surface area contributed by atoms with Gasteiger partial charge < -0.3 is 0 Å². The van der Waals surface area contributed by atoms with Gasteiger partial charge in [0.05, 0.1) is 0 Å². The summed E-state index contributed by atoms with van der Waals surface area (Å²) in [5, 5.41) is 0. The third kappa shape index (κ3) is 2.77. The minimum absolute atomic E-state index is 0.880. The predicted octanol–water partition coefficient (Wildman–Crippen LogP) is 3.80. The summed E-state index contributed by atoms with van der Waals surface area (Å²) >= 11 is 0. The Bertz CT molecular complexity index is 404. The van der Waals surface area contributed by atoms with Gasteiger partial charge >= 0.3 is 0 Å². The molecule has 0 spiro atoms. The smallest absolute Gasteiger partial charge is 0.0233 e. The van der Waals surface area contributed by atoms with E-state index in [0.29, 0.717) is 0 Å². The maximum Gasteiger partial charge on any atom is 0.0233 e. The largest absolute Gasteiger partial charge is 0.299 e. The first-order chi connectivity index (χ1) is 8.81. The van der Waals surface area contributed by atoms with Crippen LogP contribution in [0.3, 0.4) is 0 Å². The van der Waals surface area contributed by atoms with Crippen LogP contribution in [0.4, 0.5) is 0 Å². The standard InChI is InChI=1S/C17H25N/c1-14-5-7-17-12-15(6-8-16(17)11-14)13-18-9-3-2-4-10-18/h6,8,12,14H,2-5,7,9-11,13H2,1H3. The first-order valence-electron chi connectivity index (χ1n) is 7.64. The summed E-state index contributed by atoms with van der Waals surface area (Å²) in [6.45, 7) is 6.15. The van der Waals surface area contributed by atoms with Crippen LogP contribution in [0.5, 0.6) is 0 Å². The van der Waals surface area contributed by atoms with Crippen LogP contribution in [0.1, 0.15) is 49.3 Å². The highest BCUT2D eigenvalue weighted by atomic mass is 15.1. The third-order valence-corrected chi connectivity index (χ3v) is 4.60. The van der Waals surface area contributed by atoms with Crippen molar-refractivity contribution in [3.8, 4) is 0 Å². The van der Waals surface area contributed by atoms with Crippen molar-refractivity contribution in [3.05, 3.63) is 34.9 Å². The van der Waals surface area contributed by atoms with Gasteiger partial charge in [-0.3, -0.25) is 4.90 Å². The molecule has 0 bridgehead atoms. The van der Waals surface area contributed by atoms with E-state index >= 15 is 0 Å². The van der Waals surface area contributed by atoms with Gasteiger partial charge in [-0.25, -0.2) is 0 Å². The third-order valence-electron chi connectivity index (χ3n) is 4.60. The van der Waals surface area contributed by atoms with Gasteiger partial charge in [0.15, 0.2) is 0 Å². The number of aryl methyl sites for hydroxylation is 1. The second kappa shape index (κ2) is 5.44. The van der Waals surface area contributed by atoms with E-state index in [1.165, 1.54) is 63.7 Å². The molecule has 1 aliphatic carbocycles. The number of piperidine rings is 1. The molecule has 1 atom stereocenters. The van der Waals surface area contributed by atoms with E-state index in [2.05, 4.69) is 30.0 Å². The van der Waals surface area contributed by atoms with Crippen molar-refractivity contribution in [2.24, 2.45) is 5.92 Å². The zero-order valence-electron chi connectivity index (χ0n) is 11.6. The fraction of sp³-hybridized carbons (Fsp3) is 0.647. The predicted molar refractivity (Wildman–Crippen MR) is 76.8 cm³/mol. The summed E-state index contributed by atoms with van der Waals surface area (Å²) in [7, 11) is 0. The minimum Gasteiger partial charge on any atom is -0.299 e. The van der Waals surface area contributed by atoms with Crippen LogP contribution < -0.4 is 0 Å². The van der Waals surface area contributed by atoms with Crippen molar-refractivity contribution >= 4 is 0 Å². The van der Waals surface area contributed by atoms with Crippen LogP contribution >= 0.6 is 0 Å². The number of fused-ring (bicyclic) bond motifs is 1. The summed E-state index contributed by atoms with van der Waals surface area (Å²) in [6.07, 6.45) is 8.17. The SMILES string of the molecule is CC1CCc2cc(CN3CCCCC3)ccc2C1. The molecule has 1 nitrogen and oxygen atoms in total. The summed E-state index contributed by atoms with van der Waals surface area (Å²) in [5.74, 6) is 0.880. The molecule has 0 N–H and O–H groups in total. The van der Waals surface area contributed by atoms with E-state index < -0.39 is 0 Å². The average molecular weight is 243 g/mol. The zero-order valence-corrected chi connectivity index (χ0v) is 11.6. The highest BCUT2D eigenvalue weighted by Crippen LogP contribution is 2.26. The molecule has 0 amide bonds. The molecule has 1 fully saturated rings. The normalized spacial score (nSPS) is 24.8. The molecule has 0 aromatic heterocycles. The topological polar surface area (TPSA) is 3.24 Å². The maximum atomic E-state index is 2.62. The van der Waals surface area contributed by atoms with Gasteiger partial charge in [0, 0.05) is 6.54 Å². The fourth-order valence-electron chi connectivity index (χ4n) is 3.46. The van der Waals surface area contributed by atoms with Crippen molar-refractivity contribution < 1.29 is 0 Å². The molecular weight excluding hydrogens is 218 g/mol. The highest BCUT2D eigenvalue weighted by molar-refractivity contribution is 5.34. The lowest BCUT2D eigenvalue weighted by Gasteiger charge is -2.27. The Balaban J connectivity index is 1.69. The Morgan fingerprint density at radius 1 is 1.11 bits per heavy atom. The molecule has 1 aromatic carbocycles. The zero-order chi connectivity index (χ0) is 12.4. The van der Waals surface area contributed by atoms with E-state index in [-0.39, 0.29) is 0 Å². The number of hydrogen-bond donors (Lipinski definition) is 0. The van der Waals surface area contributed by atoms with E-state index in [9.17, 15) is 0 Å². The van der Waals surface area contributed by atoms with Crippen molar-refractivity contribution in [2.75, 3.05) is 13.1 Å². The summed E-state index contributed by atoms with van der Waals surface area (Å²) in [4.78, 5) is 2.62. The molecule has 98 valence electrons. The summed E-state index contributed by atoms with van der Waals surface area (Å²) in [5.41, 5.74) is 4.77. The average Bonchev–Trinajstić information content (AvgIpc) is 2.40. The molecule has 2 aliphatic rings. The van der Waals surface area contributed by atoms with Gasteiger partial charge in [0.2, 0.25) is 0 Å². The maximum absolute atomic E-state index is 2.62. The van der Waals surface area contributed by atoms with E-state index in [4.69, 9.17) is 0 Å². The molecule has 0 saturated carbocycles. The van der Waals surface area contributed by atoms with Crippen LogP contribution in [0.25, 0.3) is 0 Å². The molecule has 1 aromatic rings. The molecule has 1 unspecified atom stereocenters. The van der Waals surface area contributed by atoms with Gasteiger partial charge in [-0.1, -0.05) is 31.5 Å². The lowest BCUT2D eigenvalue weighted by molar-refractivity contribution is 0.221. The molecule has 18 heavy (non-hydrogen) atoms. The second-order valence-corrected chi connectivity index (χ2v) is 6.29. The van der Waals surface area contributed by atoms with E-state index in [1.54, 1.807) is 11.1 Å². The van der Waals surface area contributed by atoms with Crippen LogP contribution in [0, 0.1) is 5.92 Å². The van der Waals surface area contributed by atoms with Gasteiger partial charge in [-0.15, -0.1) is 0 Å². The second-order valence-electron chi connectivity index (χ2n) is 6.29. The number of benzene rings is 1. The number of hydrogen-bond acceptors (Lipinski definition) is 1. The van der Waals surface area contributed by atoms with Gasteiger partial charge in [-0.2, -0.15) is 0 Å². The monoisotopic (exact) mass is 243 g/mol. The van der Waals surface area contributed by atoms with Gasteiger partial charge in [0.25, 0.3) is 0 Å². The Morgan fingerprint density at radius 3 is 2.78 bits per heavy atom. The molecule has 1 heteroatoms. The van der Waals surface area contributed by atoms with Crippen molar-refractivity contribution in [2.45, 2.75) is 52.0 Å².